The van der Waals surface area contributed by atoms with Crippen LogP contribution in [0, 0.1) is 16.7 Å². The van der Waals surface area contributed by atoms with Crippen LogP contribution in [0.1, 0.15) is 36.1 Å². The van der Waals surface area contributed by atoms with Crippen molar-refractivity contribution in [1.29, 1.82) is 5.26 Å². The molecule has 3 heterocycles. The minimum absolute atomic E-state index is 0.195. The summed E-state index contributed by atoms with van der Waals surface area (Å²) < 4.78 is 38.6. The van der Waals surface area contributed by atoms with Crippen LogP contribution in [-0.4, -0.2) is 35.3 Å². The number of halogens is 3. The summed E-state index contributed by atoms with van der Waals surface area (Å²) in [7, 11) is 0. The van der Waals surface area contributed by atoms with Crippen LogP contribution in [-0.2, 0) is 12.8 Å². The largest absolute Gasteiger partial charge is 0.393 e. The molecule has 1 aliphatic carbocycles. The quantitative estimate of drug-likeness (QED) is 0.515. The number of nitrogens with one attached hydrogen (secondary N) is 1. The first-order chi connectivity index (χ1) is 15.8. The zero-order valence-electron chi connectivity index (χ0n) is 18.0. The van der Waals surface area contributed by atoms with Crippen molar-refractivity contribution >= 4 is 33.1 Å². The topological polar surface area (TPSA) is 64.8 Å². The van der Waals surface area contributed by atoms with E-state index in [0.717, 1.165) is 72.6 Å². The summed E-state index contributed by atoms with van der Waals surface area (Å²) in [5.41, 5.74) is 2.28. The van der Waals surface area contributed by atoms with Gasteiger partial charge in [-0.15, -0.1) is 11.3 Å². The lowest BCUT2D eigenvalue weighted by atomic mass is 9.85. The standard InChI is InChI=1S/C24H24F3N5S/c25-24(26,27)13-19-11-20-21(29-15-30-22(20)33-19)32-10-8-23(14-32)7-5-18(12-23)31-17-3-1-16(2-4-17)6-9-28/h1-4,11,15,18,31H,5-8,10,12-14H2/t18-,23-/m0/s1. The molecule has 1 N–H and O–H groups in total. The van der Waals surface area contributed by atoms with Crippen LogP contribution in [0.25, 0.3) is 10.2 Å². The van der Waals surface area contributed by atoms with Gasteiger partial charge >= 0.3 is 6.18 Å². The first-order valence-electron chi connectivity index (χ1n) is 11.1. The molecular formula is C24H24F3N5S. The number of aromatic nitrogens is 2. The van der Waals surface area contributed by atoms with Gasteiger partial charge in [0.2, 0.25) is 0 Å². The molecule has 1 spiro atoms. The molecular weight excluding hydrogens is 447 g/mol. The Hall–Kier alpha value is -2.86. The van der Waals surface area contributed by atoms with E-state index in [2.05, 4.69) is 26.3 Å². The van der Waals surface area contributed by atoms with Gasteiger partial charge in [0.1, 0.15) is 17.0 Å². The highest BCUT2D eigenvalue weighted by Gasteiger charge is 2.44. The lowest BCUT2D eigenvalue weighted by molar-refractivity contribution is -0.126. The molecule has 3 aromatic rings. The molecule has 9 heteroatoms. The van der Waals surface area contributed by atoms with Crippen molar-refractivity contribution in [2.24, 2.45) is 5.41 Å². The summed E-state index contributed by atoms with van der Waals surface area (Å²) in [6.45, 7) is 1.72. The van der Waals surface area contributed by atoms with Crippen molar-refractivity contribution in [3.8, 4) is 6.07 Å². The molecule has 0 unspecified atom stereocenters. The van der Waals surface area contributed by atoms with Crippen molar-refractivity contribution in [1.82, 2.24) is 9.97 Å². The molecule has 0 amide bonds. The third-order valence-electron chi connectivity index (χ3n) is 6.78. The number of nitrogens with zero attached hydrogens (tertiary/aromatic N) is 4. The van der Waals surface area contributed by atoms with E-state index in [1.54, 1.807) is 6.07 Å². The monoisotopic (exact) mass is 471 g/mol. The molecule has 2 fully saturated rings. The highest BCUT2D eigenvalue weighted by atomic mass is 32.1. The fourth-order valence-electron chi connectivity index (χ4n) is 5.29. The smallest absolute Gasteiger partial charge is 0.382 e. The zero-order chi connectivity index (χ0) is 23.1. The number of thiophene rings is 1. The molecule has 1 aliphatic heterocycles. The Morgan fingerprint density at radius 3 is 2.79 bits per heavy atom. The number of hydrogen-bond donors (Lipinski definition) is 1. The predicted octanol–water partition coefficient (Wildman–Crippen LogP) is 5.72. The summed E-state index contributed by atoms with van der Waals surface area (Å²) in [5, 5.41) is 13.2. The third-order valence-corrected chi connectivity index (χ3v) is 7.83. The molecule has 2 aromatic heterocycles. The van der Waals surface area contributed by atoms with Gasteiger partial charge in [0.15, 0.2) is 0 Å². The van der Waals surface area contributed by atoms with Crippen LogP contribution in [0.4, 0.5) is 24.7 Å². The number of alkyl halides is 3. The zero-order valence-corrected chi connectivity index (χ0v) is 18.8. The number of benzene rings is 1. The maximum absolute atomic E-state index is 12.9. The van der Waals surface area contributed by atoms with Gasteiger partial charge in [-0.3, -0.25) is 0 Å². The van der Waals surface area contributed by atoms with Crippen molar-refractivity contribution in [2.75, 3.05) is 23.3 Å². The van der Waals surface area contributed by atoms with Crippen LogP contribution in [0.15, 0.2) is 36.7 Å². The summed E-state index contributed by atoms with van der Waals surface area (Å²) in [5.74, 6) is 0.756. The van der Waals surface area contributed by atoms with Crippen molar-refractivity contribution in [3.63, 3.8) is 0 Å². The van der Waals surface area contributed by atoms with Gasteiger partial charge in [-0.25, -0.2) is 9.97 Å². The molecule has 1 saturated carbocycles. The second kappa shape index (κ2) is 8.49. The summed E-state index contributed by atoms with van der Waals surface area (Å²) in [6, 6.07) is 12.2. The van der Waals surface area contributed by atoms with Gasteiger partial charge < -0.3 is 10.2 Å². The first kappa shape index (κ1) is 22.0. The van der Waals surface area contributed by atoms with E-state index in [1.807, 2.05) is 24.3 Å². The molecule has 33 heavy (non-hydrogen) atoms. The number of nitriles is 1. The second-order valence-electron chi connectivity index (χ2n) is 9.21. The molecule has 1 saturated heterocycles. The van der Waals surface area contributed by atoms with Crippen LogP contribution in [0.3, 0.4) is 0 Å². The third kappa shape index (κ3) is 4.76. The van der Waals surface area contributed by atoms with Crippen LogP contribution in [0.5, 0.6) is 0 Å². The van der Waals surface area contributed by atoms with E-state index < -0.39 is 12.6 Å². The van der Waals surface area contributed by atoms with Crippen LogP contribution in [0.2, 0.25) is 0 Å². The van der Waals surface area contributed by atoms with Gasteiger partial charge in [-0.05, 0) is 54.9 Å². The molecule has 1 aromatic carbocycles. The molecule has 0 radical (unpaired) electrons. The second-order valence-corrected chi connectivity index (χ2v) is 10.3. The van der Waals surface area contributed by atoms with Gasteiger partial charge in [0, 0.05) is 29.7 Å². The maximum atomic E-state index is 12.9. The van der Waals surface area contributed by atoms with E-state index in [0.29, 0.717) is 17.3 Å². The first-order valence-corrected chi connectivity index (χ1v) is 11.9. The Morgan fingerprint density at radius 1 is 1.21 bits per heavy atom. The van der Waals surface area contributed by atoms with Gasteiger partial charge in [-0.1, -0.05) is 12.1 Å². The Morgan fingerprint density at radius 2 is 2.03 bits per heavy atom. The predicted molar refractivity (Wildman–Crippen MR) is 123 cm³/mol. The average Bonchev–Trinajstić information content (AvgIpc) is 3.47. The van der Waals surface area contributed by atoms with Gasteiger partial charge in [0.05, 0.1) is 24.3 Å². The molecule has 5 rings (SSSR count). The van der Waals surface area contributed by atoms with E-state index in [9.17, 15) is 13.2 Å². The number of hydrogen-bond acceptors (Lipinski definition) is 6. The van der Waals surface area contributed by atoms with Crippen LogP contribution < -0.4 is 10.2 Å². The maximum Gasteiger partial charge on any atom is 0.393 e. The highest BCUT2D eigenvalue weighted by Crippen LogP contribution is 2.48. The Balaban J connectivity index is 1.27. The fourth-order valence-corrected chi connectivity index (χ4v) is 6.31. The van der Waals surface area contributed by atoms with E-state index in [1.165, 1.54) is 6.33 Å². The molecule has 2 aliphatic rings. The Labute approximate surface area is 194 Å². The fraction of sp³-hybridized carbons (Fsp3) is 0.458. The number of fused-ring (bicyclic) bond motifs is 1. The van der Waals surface area contributed by atoms with E-state index >= 15 is 0 Å². The van der Waals surface area contributed by atoms with Crippen molar-refractivity contribution in [3.05, 3.63) is 47.1 Å². The minimum Gasteiger partial charge on any atom is -0.382 e. The van der Waals surface area contributed by atoms with Crippen molar-refractivity contribution in [2.45, 2.75) is 50.7 Å². The SMILES string of the molecule is N#CCc1ccc(N[C@H]2CC[C@]3(CCN(c4ncnc5sc(CC(F)(F)F)cc45)C3)C2)cc1. The average molecular weight is 472 g/mol. The Bertz CT molecular complexity index is 1180. The molecule has 0 bridgehead atoms. The summed E-state index contributed by atoms with van der Waals surface area (Å²) in [4.78, 5) is 11.8. The number of rotatable bonds is 5. The van der Waals surface area contributed by atoms with Gasteiger partial charge in [-0.2, -0.15) is 18.4 Å². The Kier molecular flexibility index (Phi) is 5.65. The summed E-state index contributed by atoms with van der Waals surface area (Å²) >= 11 is 1.10. The molecule has 2 atom stereocenters. The normalized spacial score (nSPS) is 22.8. The minimum atomic E-state index is -4.23. The van der Waals surface area contributed by atoms with E-state index in [-0.39, 0.29) is 10.3 Å². The molecule has 172 valence electrons. The number of anilines is 2. The van der Waals surface area contributed by atoms with Crippen molar-refractivity contribution < 1.29 is 13.2 Å². The lowest BCUT2D eigenvalue weighted by Crippen LogP contribution is -2.27. The highest BCUT2D eigenvalue weighted by molar-refractivity contribution is 7.18. The molecule has 5 nitrogen and oxygen atoms in total. The van der Waals surface area contributed by atoms with Crippen LogP contribution >= 0.6 is 11.3 Å². The van der Waals surface area contributed by atoms with Gasteiger partial charge in [0.25, 0.3) is 0 Å². The summed E-state index contributed by atoms with van der Waals surface area (Å²) in [6.07, 6.45) is 1.03. The lowest BCUT2D eigenvalue weighted by Gasteiger charge is -2.25. The van der Waals surface area contributed by atoms with E-state index in [4.69, 9.17) is 5.26 Å².